The lowest BCUT2D eigenvalue weighted by atomic mass is 9.69. The fourth-order valence-corrected chi connectivity index (χ4v) is 3.67. The van der Waals surface area contributed by atoms with E-state index in [1.807, 2.05) is 0 Å². The van der Waals surface area contributed by atoms with Gasteiger partial charge in [-0.2, -0.15) is 0 Å². The number of hydrogen-bond donors (Lipinski definition) is 2. The SMILES string of the molecule is CC1(C)CCC(CN)(NC2CCCCCC2)CC1. The van der Waals surface area contributed by atoms with Crippen molar-refractivity contribution in [3.05, 3.63) is 0 Å². The summed E-state index contributed by atoms with van der Waals surface area (Å²) >= 11 is 0. The quantitative estimate of drug-likeness (QED) is 0.753. The fraction of sp³-hybridized carbons (Fsp3) is 1.00. The largest absolute Gasteiger partial charge is 0.329 e. The lowest BCUT2D eigenvalue weighted by Crippen LogP contribution is -2.57. The van der Waals surface area contributed by atoms with Crippen molar-refractivity contribution in [2.75, 3.05) is 6.54 Å². The molecule has 2 fully saturated rings. The first-order chi connectivity index (χ1) is 8.55. The molecule has 0 aromatic rings. The number of rotatable bonds is 3. The normalized spacial score (nSPS) is 28.8. The average Bonchev–Trinajstić information content (AvgIpc) is 2.61. The summed E-state index contributed by atoms with van der Waals surface area (Å²) in [6.07, 6.45) is 13.6. The van der Waals surface area contributed by atoms with Gasteiger partial charge in [-0.15, -0.1) is 0 Å². The highest BCUT2D eigenvalue weighted by molar-refractivity contribution is 4.98. The highest BCUT2D eigenvalue weighted by Gasteiger charge is 2.38. The molecule has 2 aliphatic rings. The van der Waals surface area contributed by atoms with E-state index in [0.717, 1.165) is 12.6 Å². The Balaban J connectivity index is 1.91. The van der Waals surface area contributed by atoms with E-state index in [0.29, 0.717) is 5.41 Å². The molecule has 0 spiro atoms. The summed E-state index contributed by atoms with van der Waals surface area (Å²) in [5, 5.41) is 3.97. The van der Waals surface area contributed by atoms with Gasteiger partial charge >= 0.3 is 0 Å². The summed E-state index contributed by atoms with van der Waals surface area (Å²) in [7, 11) is 0. The molecule has 2 nitrogen and oxygen atoms in total. The van der Waals surface area contributed by atoms with E-state index in [9.17, 15) is 0 Å². The van der Waals surface area contributed by atoms with E-state index in [-0.39, 0.29) is 5.54 Å². The van der Waals surface area contributed by atoms with Gasteiger partial charge in [-0.3, -0.25) is 0 Å². The Hall–Kier alpha value is -0.0800. The van der Waals surface area contributed by atoms with Gasteiger partial charge in [0.05, 0.1) is 0 Å². The summed E-state index contributed by atoms with van der Waals surface area (Å²) in [6.45, 7) is 5.62. The number of hydrogen-bond acceptors (Lipinski definition) is 2. The molecule has 0 saturated heterocycles. The predicted octanol–water partition coefficient (Wildman–Crippen LogP) is 3.60. The first kappa shape index (κ1) is 14.3. The van der Waals surface area contributed by atoms with Crippen LogP contribution in [-0.4, -0.2) is 18.1 Å². The van der Waals surface area contributed by atoms with E-state index in [1.54, 1.807) is 0 Å². The van der Waals surface area contributed by atoms with Crippen molar-refractivity contribution in [2.24, 2.45) is 11.1 Å². The van der Waals surface area contributed by atoms with Crippen LogP contribution in [0.1, 0.15) is 78.1 Å². The zero-order chi connectivity index (χ0) is 13.1. The summed E-state index contributed by atoms with van der Waals surface area (Å²) in [4.78, 5) is 0. The van der Waals surface area contributed by atoms with Gasteiger partial charge in [0, 0.05) is 18.1 Å². The second-order valence-corrected chi connectivity index (χ2v) is 7.48. The van der Waals surface area contributed by atoms with Crippen molar-refractivity contribution in [3.8, 4) is 0 Å². The molecule has 0 atom stereocenters. The summed E-state index contributed by atoms with van der Waals surface area (Å²) in [5.74, 6) is 0. The van der Waals surface area contributed by atoms with Crippen LogP contribution in [0.3, 0.4) is 0 Å². The third-order valence-corrected chi connectivity index (χ3v) is 5.32. The molecule has 2 heteroatoms. The van der Waals surface area contributed by atoms with E-state index in [4.69, 9.17) is 5.73 Å². The zero-order valence-corrected chi connectivity index (χ0v) is 12.4. The highest BCUT2D eigenvalue weighted by atomic mass is 15.0. The molecule has 0 unspecified atom stereocenters. The van der Waals surface area contributed by atoms with Crippen LogP contribution in [0.25, 0.3) is 0 Å². The molecule has 2 rings (SSSR count). The fourth-order valence-electron chi connectivity index (χ4n) is 3.67. The molecule has 18 heavy (non-hydrogen) atoms. The molecule has 0 bridgehead atoms. The van der Waals surface area contributed by atoms with E-state index < -0.39 is 0 Å². The van der Waals surface area contributed by atoms with E-state index in [2.05, 4.69) is 19.2 Å². The predicted molar refractivity (Wildman–Crippen MR) is 78.7 cm³/mol. The lowest BCUT2D eigenvalue weighted by molar-refractivity contribution is 0.125. The van der Waals surface area contributed by atoms with Crippen LogP contribution in [0, 0.1) is 5.41 Å². The maximum absolute atomic E-state index is 6.12. The molecule has 0 aliphatic heterocycles. The molecule has 0 aromatic carbocycles. The Morgan fingerprint density at radius 2 is 1.50 bits per heavy atom. The van der Waals surface area contributed by atoms with Gasteiger partial charge in [-0.25, -0.2) is 0 Å². The molecule has 0 aromatic heterocycles. The maximum atomic E-state index is 6.12. The Morgan fingerprint density at radius 1 is 0.944 bits per heavy atom. The maximum Gasteiger partial charge on any atom is 0.0306 e. The van der Waals surface area contributed by atoms with Gasteiger partial charge in [0.25, 0.3) is 0 Å². The number of nitrogens with one attached hydrogen (secondary N) is 1. The minimum atomic E-state index is 0.254. The van der Waals surface area contributed by atoms with Crippen LogP contribution in [0.5, 0.6) is 0 Å². The average molecular weight is 252 g/mol. The van der Waals surface area contributed by atoms with Gasteiger partial charge < -0.3 is 11.1 Å². The third-order valence-electron chi connectivity index (χ3n) is 5.32. The summed E-state index contributed by atoms with van der Waals surface area (Å²) in [5.41, 5.74) is 6.91. The lowest BCUT2D eigenvalue weighted by Gasteiger charge is -2.45. The number of nitrogens with two attached hydrogens (primary N) is 1. The molecular formula is C16H32N2. The first-order valence-electron chi connectivity index (χ1n) is 8.03. The third kappa shape index (κ3) is 3.71. The molecule has 0 radical (unpaired) electrons. The topological polar surface area (TPSA) is 38.0 Å². The second kappa shape index (κ2) is 5.92. The van der Waals surface area contributed by atoms with Crippen molar-refractivity contribution in [2.45, 2.75) is 89.6 Å². The van der Waals surface area contributed by atoms with Crippen LogP contribution in [0.4, 0.5) is 0 Å². The van der Waals surface area contributed by atoms with Crippen LogP contribution < -0.4 is 11.1 Å². The smallest absolute Gasteiger partial charge is 0.0306 e. The molecular weight excluding hydrogens is 220 g/mol. The molecule has 106 valence electrons. The highest BCUT2D eigenvalue weighted by Crippen LogP contribution is 2.40. The van der Waals surface area contributed by atoms with E-state index >= 15 is 0 Å². The van der Waals surface area contributed by atoms with Gasteiger partial charge in [-0.1, -0.05) is 39.5 Å². The van der Waals surface area contributed by atoms with Crippen molar-refractivity contribution in [1.82, 2.24) is 5.32 Å². The van der Waals surface area contributed by atoms with Crippen molar-refractivity contribution < 1.29 is 0 Å². The van der Waals surface area contributed by atoms with Gasteiger partial charge in [-0.05, 0) is 43.9 Å². The summed E-state index contributed by atoms with van der Waals surface area (Å²) < 4.78 is 0. The molecule has 3 N–H and O–H groups in total. The van der Waals surface area contributed by atoms with Crippen molar-refractivity contribution in [1.29, 1.82) is 0 Å². The van der Waals surface area contributed by atoms with Gasteiger partial charge in [0.15, 0.2) is 0 Å². The van der Waals surface area contributed by atoms with Crippen molar-refractivity contribution >= 4 is 0 Å². The minimum absolute atomic E-state index is 0.254. The standard InChI is InChI=1S/C16H32N2/c1-15(2)9-11-16(13-17,12-10-15)18-14-7-5-3-4-6-8-14/h14,18H,3-13,17H2,1-2H3. The van der Waals surface area contributed by atoms with Crippen LogP contribution in [0.15, 0.2) is 0 Å². The van der Waals surface area contributed by atoms with Crippen LogP contribution >= 0.6 is 0 Å². The molecule has 0 amide bonds. The molecule has 0 heterocycles. The Morgan fingerprint density at radius 3 is 2.00 bits per heavy atom. The molecule has 2 saturated carbocycles. The first-order valence-corrected chi connectivity index (χ1v) is 8.03. The van der Waals surface area contributed by atoms with Gasteiger partial charge in [0.1, 0.15) is 0 Å². The minimum Gasteiger partial charge on any atom is -0.329 e. The Labute approximate surface area is 113 Å². The van der Waals surface area contributed by atoms with Gasteiger partial charge in [0.2, 0.25) is 0 Å². The Bertz CT molecular complexity index is 242. The second-order valence-electron chi connectivity index (χ2n) is 7.48. The van der Waals surface area contributed by atoms with Crippen LogP contribution in [-0.2, 0) is 0 Å². The monoisotopic (exact) mass is 252 g/mol. The zero-order valence-electron chi connectivity index (χ0n) is 12.4. The van der Waals surface area contributed by atoms with Crippen molar-refractivity contribution in [3.63, 3.8) is 0 Å². The summed E-state index contributed by atoms with van der Waals surface area (Å²) in [6, 6.07) is 0.734. The molecule has 2 aliphatic carbocycles. The Kier molecular flexibility index (Phi) is 4.71. The van der Waals surface area contributed by atoms with E-state index in [1.165, 1.54) is 64.2 Å². The van der Waals surface area contributed by atoms with Crippen LogP contribution in [0.2, 0.25) is 0 Å².